The van der Waals surface area contributed by atoms with E-state index >= 15 is 0 Å². The van der Waals surface area contributed by atoms with E-state index in [1.54, 1.807) is 0 Å². The quantitative estimate of drug-likeness (QED) is 0.741. The number of piperidine rings is 1. The molecular weight excluding hydrogens is 186 g/mol. The van der Waals surface area contributed by atoms with Crippen molar-refractivity contribution in [3.8, 4) is 0 Å². The van der Waals surface area contributed by atoms with Gasteiger partial charge in [-0.25, -0.2) is 4.98 Å². The van der Waals surface area contributed by atoms with E-state index in [0.717, 1.165) is 36.9 Å². The van der Waals surface area contributed by atoms with Crippen LogP contribution in [0.15, 0.2) is 12.4 Å². The summed E-state index contributed by atoms with van der Waals surface area (Å²) in [6.07, 6.45) is 7.39. The highest BCUT2D eigenvalue weighted by Gasteiger charge is 2.17. The molecule has 1 unspecified atom stereocenters. The van der Waals surface area contributed by atoms with Crippen molar-refractivity contribution in [1.29, 1.82) is 0 Å². The van der Waals surface area contributed by atoms with Crippen molar-refractivity contribution in [3.05, 3.63) is 18.1 Å². The summed E-state index contributed by atoms with van der Waals surface area (Å²) in [5, 5.41) is 0. The van der Waals surface area contributed by atoms with Gasteiger partial charge < -0.3 is 4.90 Å². The van der Waals surface area contributed by atoms with Crippen molar-refractivity contribution in [2.24, 2.45) is 5.92 Å². The molecule has 0 spiro atoms. The number of aromatic nitrogens is 2. The lowest BCUT2D eigenvalue weighted by Gasteiger charge is -2.31. The second-order valence-corrected chi connectivity index (χ2v) is 4.41. The number of anilines is 1. The molecule has 0 aromatic carbocycles. The molecule has 3 nitrogen and oxygen atoms in total. The first-order chi connectivity index (χ1) is 7.29. The van der Waals surface area contributed by atoms with Crippen molar-refractivity contribution in [1.82, 2.24) is 9.97 Å². The average molecular weight is 205 g/mol. The summed E-state index contributed by atoms with van der Waals surface area (Å²) in [7, 11) is 0. The van der Waals surface area contributed by atoms with Gasteiger partial charge in [0.25, 0.3) is 0 Å². The van der Waals surface area contributed by atoms with Gasteiger partial charge in [0.15, 0.2) is 0 Å². The maximum Gasteiger partial charge on any atom is 0.147 e. The first-order valence-corrected chi connectivity index (χ1v) is 5.85. The fourth-order valence-electron chi connectivity index (χ4n) is 2.09. The van der Waals surface area contributed by atoms with Crippen LogP contribution in [-0.2, 0) is 6.42 Å². The Morgan fingerprint density at radius 1 is 1.40 bits per heavy atom. The lowest BCUT2D eigenvalue weighted by molar-refractivity contribution is 0.444. The minimum absolute atomic E-state index is 0.784. The molecule has 0 aliphatic carbocycles. The molecule has 1 aromatic heterocycles. The number of hydrogen-bond donors (Lipinski definition) is 0. The Kier molecular flexibility index (Phi) is 3.19. The maximum absolute atomic E-state index is 4.47. The predicted octanol–water partition coefficient (Wildman–Crippen LogP) is 2.28. The zero-order valence-electron chi connectivity index (χ0n) is 9.61. The SMILES string of the molecule is CCc1cnc(N2CCCC(C)C2)cn1. The van der Waals surface area contributed by atoms with Crippen molar-refractivity contribution in [2.75, 3.05) is 18.0 Å². The third-order valence-electron chi connectivity index (χ3n) is 3.03. The number of rotatable bonds is 2. The monoisotopic (exact) mass is 205 g/mol. The molecule has 1 saturated heterocycles. The van der Waals surface area contributed by atoms with Gasteiger partial charge in [0, 0.05) is 13.1 Å². The third-order valence-corrected chi connectivity index (χ3v) is 3.03. The molecule has 0 saturated carbocycles. The van der Waals surface area contributed by atoms with Gasteiger partial charge in [-0.05, 0) is 25.2 Å². The average Bonchev–Trinajstić information content (AvgIpc) is 2.29. The molecule has 1 fully saturated rings. The normalized spacial score (nSPS) is 21.7. The molecule has 0 N–H and O–H groups in total. The Balaban J connectivity index is 2.07. The van der Waals surface area contributed by atoms with Gasteiger partial charge in [-0.15, -0.1) is 0 Å². The standard InChI is InChI=1S/C12H19N3/c1-3-11-7-14-12(8-13-11)15-6-4-5-10(2)9-15/h7-8,10H,3-6,9H2,1-2H3. The minimum Gasteiger partial charge on any atom is -0.355 e. The van der Waals surface area contributed by atoms with Crippen LogP contribution in [-0.4, -0.2) is 23.1 Å². The largest absolute Gasteiger partial charge is 0.355 e. The number of aryl methyl sites for hydroxylation is 1. The van der Waals surface area contributed by atoms with E-state index in [1.807, 2.05) is 12.4 Å². The van der Waals surface area contributed by atoms with Crippen molar-refractivity contribution >= 4 is 5.82 Å². The Morgan fingerprint density at radius 3 is 2.87 bits per heavy atom. The zero-order valence-corrected chi connectivity index (χ0v) is 9.61. The van der Waals surface area contributed by atoms with E-state index in [9.17, 15) is 0 Å². The van der Waals surface area contributed by atoms with Crippen LogP contribution >= 0.6 is 0 Å². The Hall–Kier alpha value is -1.12. The van der Waals surface area contributed by atoms with Gasteiger partial charge in [0.05, 0.1) is 18.1 Å². The highest BCUT2D eigenvalue weighted by Crippen LogP contribution is 2.20. The van der Waals surface area contributed by atoms with E-state index in [-0.39, 0.29) is 0 Å². The molecule has 0 amide bonds. The highest BCUT2D eigenvalue weighted by atomic mass is 15.2. The van der Waals surface area contributed by atoms with Crippen LogP contribution in [0.4, 0.5) is 5.82 Å². The first-order valence-electron chi connectivity index (χ1n) is 5.85. The molecule has 1 aliphatic rings. The molecule has 1 atom stereocenters. The van der Waals surface area contributed by atoms with Crippen LogP contribution in [0.1, 0.15) is 32.4 Å². The topological polar surface area (TPSA) is 29.0 Å². The van der Waals surface area contributed by atoms with Crippen molar-refractivity contribution in [2.45, 2.75) is 33.1 Å². The molecule has 82 valence electrons. The first kappa shape index (κ1) is 10.4. The van der Waals surface area contributed by atoms with Crippen molar-refractivity contribution in [3.63, 3.8) is 0 Å². The second-order valence-electron chi connectivity index (χ2n) is 4.41. The molecule has 0 radical (unpaired) electrons. The summed E-state index contributed by atoms with van der Waals surface area (Å²) in [5.74, 6) is 1.82. The van der Waals surface area contributed by atoms with Crippen LogP contribution in [0, 0.1) is 5.92 Å². The summed E-state index contributed by atoms with van der Waals surface area (Å²) in [6.45, 7) is 6.66. The van der Waals surface area contributed by atoms with E-state index < -0.39 is 0 Å². The van der Waals surface area contributed by atoms with Gasteiger partial charge >= 0.3 is 0 Å². The van der Waals surface area contributed by atoms with Gasteiger partial charge in [-0.2, -0.15) is 0 Å². The molecule has 2 rings (SSSR count). The molecule has 0 bridgehead atoms. The maximum atomic E-state index is 4.47. The summed E-state index contributed by atoms with van der Waals surface area (Å²) in [4.78, 5) is 11.2. The van der Waals surface area contributed by atoms with Crippen LogP contribution in [0.5, 0.6) is 0 Å². The third kappa shape index (κ3) is 2.46. The second kappa shape index (κ2) is 4.60. The summed E-state index contributed by atoms with van der Waals surface area (Å²) < 4.78 is 0. The number of nitrogens with zero attached hydrogens (tertiary/aromatic N) is 3. The fraction of sp³-hybridized carbons (Fsp3) is 0.667. The molecule has 1 aromatic rings. The lowest BCUT2D eigenvalue weighted by Crippen LogP contribution is -2.34. The summed E-state index contributed by atoms with van der Waals surface area (Å²) in [6, 6.07) is 0. The Labute approximate surface area is 91.5 Å². The van der Waals surface area contributed by atoms with Crippen LogP contribution in [0.3, 0.4) is 0 Å². The summed E-state index contributed by atoms with van der Waals surface area (Å²) in [5.41, 5.74) is 1.07. The van der Waals surface area contributed by atoms with Crippen molar-refractivity contribution < 1.29 is 0 Å². The number of hydrogen-bond acceptors (Lipinski definition) is 3. The fourth-order valence-corrected chi connectivity index (χ4v) is 2.09. The zero-order chi connectivity index (χ0) is 10.7. The lowest BCUT2D eigenvalue weighted by atomic mass is 10.0. The van der Waals surface area contributed by atoms with E-state index in [0.29, 0.717) is 0 Å². The molecule has 1 aliphatic heterocycles. The van der Waals surface area contributed by atoms with Gasteiger partial charge in [-0.3, -0.25) is 4.98 Å². The molecule has 15 heavy (non-hydrogen) atoms. The van der Waals surface area contributed by atoms with E-state index in [4.69, 9.17) is 0 Å². The molecule has 3 heteroatoms. The van der Waals surface area contributed by atoms with Gasteiger partial charge in [0.1, 0.15) is 5.82 Å². The minimum atomic E-state index is 0.784. The molecule has 2 heterocycles. The Bertz CT molecular complexity index is 307. The summed E-state index contributed by atoms with van der Waals surface area (Å²) >= 11 is 0. The van der Waals surface area contributed by atoms with E-state index in [1.165, 1.54) is 12.8 Å². The van der Waals surface area contributed by atoms with Crippen LogP contribution in [0.2, 0.25) is 0 Å². The van der Waals surface area contributed by atoms with Gasteiger partial charge in [0.2, 0.25) is 0 Å². The predicted molar refractivity (Wildman–Crippen MR) is 62.0 cm³/mol. The van der Waals surface area contributed by atoms with Crippen LogP contribution in [0.25, 0.3) is 0 Å². The smallest absolute Gasteiger partial charge is 0.147 e. The van der Waals surface area contributed by atoms with Gasteiger partial charge in [-0.1, -0.05) is 13.8 Å². The molecular formula is C12H19N3. The Morgan fingerprint density at radius 2 is 2.27 bits per heavy atom. The van der Waals surface area contributed by atoms with Crippen LogP contribution < -0.4 is 4.90 Å². The highest BCUT2D eigenvalue weighted by molar-refractivity contribution is 5.36. The van der Waals surface area contributed by atoms with E-state index in [2.05, 4.69) is 28.7 Å².